The van der Waals surface area contributed by atoms with Crippen LogP contribution in [0.15, 0.2) is 133 Å². The summed E-state index contributed by atoms with van der Waals surface area (Å²) in [5.41, 5.74) is 15.7. The van der Waals surface area contributed by atoms with Crippen LogP contribution in [0.5, 0.6) is 0 Å². The third-order valence-electron chi connectivity index (χ3n) is 12.2. The highest BCUT2D eigenvalue weighted by Crippen LogP contribution is 2.23. The van der Waals surface area contributed by atoms with Crippen LogP contribution in [0, 0.1) is 126 Å². The molecule has 0 aromatic heterocycles. The average molecular weight is 1090 g/mol. The standard InChI is InChI=1S/C10H14.C9H12.3C8H10.C7H8.C6H12.2C6H14.2C5H12/c1-7-5-8(2)10(4)9(3)6-7;1-7-5-4-6-8(2)9(7)3;1-7-3-5-8(2)6-4-7;1-7-4-3-5-8(2)6-7;1-7-5-3-4-6-8(7)2;1-7-5-3-2-4-6-7;1-6-4-2-3-5-6;1-5-6(2,3)4;1-4-5-6(2)3;2*1-4-5(2)3/h5-6H,1-4H3;4-6H,1-3H3;3*3-6H,1-2H3;2-6H,1H3;6H,2-5H2,1H3;5H2,1-4H3;6H,4-5H2,1-3H3;2*5H,4H2,1-3H3/i;;;;;;;2D3,3D3,4D3,5D2;;2D3,3D3,4D2,5D;2D3,3D3. The number of benzene rings is 6. The van der Waals surface area contributed by atoms with Crippen LogP contribution in [0.2, 0.25) is 0 Å². The van der Waals surface area contributed by atoms with Crippen molar-refractivity contribution < 1.29 is 35.6 Å². The first-order valence-electron chi connectivity index (χ1n) is 40.9. The van der Waals surface area contributed by atoms with Gasteiger partial charge in [-0.15, -0.1) is 0 Å². The van der Waals surface area contributed by atoms with Gasteiger partial charge in [0, 0.05) is 35.6 Å². The van der Waals surface area contributed by atoms with E-state index in [1.165, 1.54) is 116 Å². The summed E-state index contributed by atoms with van der Waals surface area (Å²) in [6.45, 7) is 20.3. The van der Waals surface area contributed by atoms with Gasteiger partial charge in [-0.3, -0.25) is 0 Å². The lowest BCUT2D eigenvalue weighted by atomic mass is 9.94. The second kappa shape index (κ2) is 49.4. The molecule has 0 heteroatoms. The molecule has 6 aromatic carbocycles. The Morgan fingerprint density at radius 2 is 0.833 bits per heavy atom. The van der Waals surface area contributed by atoms with Crippen molar-refractivity contribution in [3.05, 3.63) is 211 Å². The summed E-state index contributed by atoms with van der Waals surface area (Å²) >= 11 is 0. The monoisotopic (exact) mass is 1090 g/mol. The van der Waals surface area contributed by atoms with E-state index in [1.807, 2.05) is 18.2 Å². The van der Waals surface area contributed by atoms with Crippen molar-refractivity contribution >= 4 is 0 Å². The first kappa shape index (κ1) is 42.2. The van der Waals surface area contributed by atoms with Gasteiger partial charge in [0.2, 0.25) is 0 Å². The lowest BCUT2D eigenvalue weighted by molar-refractivity contribution is 0.398. The normalized spacial score (nSPS) is 17.5. The fourth-order valence-electron chi connectivity index (χ4n) is 6.50. The van der Waals surface area contributed by atoms with Crippen molar-refractivity contribution in [3.63, 3.8) is 0 Å². The predicted molar refractivity (Wildman–Crippen MR) is 362 cm³/mol. The summed E-state index contributed by atoms with van der Waals surface area (Å²) in [5, 5.41) is 0. The molecular weight excluding hydrogens is 937 g/mol. The summed E-state index contributed by atoms with van der Waals surface area (Å²) in [6, 6.07) is 46.4. The van der Waals surface area contributed by atoms with Crippen LogP contribution >= 0.6 is 0 Å². The van der Waals surface area contributed by atoms with Crippen LogP contribution < -0.4 is 0 Å². The molecule has 0 unspecified atom stereocenters. The summed E-state index contributed by atoms with van der Waals surface area (Å²) in [5.74, 6) is -2.34. The molecule has 1 aliphatic rings. The van der Waals surface area contributed by atoms with Gasteiger partial charge >= 0.3 is 0 Å². The van der Waals surface area contributed by atoms with Gasteiger partial charge in [0.1, 0.15) is 0 Å². The van der Waals surface area contributed by atoms with E-state index in [0.29, 0.717) is 6.92 Å². The molecule has 1 fully saturated rings. The van der Waals surface area contributed by atoms with Crippen LogP contribution in [0.4, 0.5) is 0 Å². The van der Waals surface area contributed by atoms with E-state index in [-0.39, 0.29) is 6.42 Å². The molecule has 0 nitrogen and oxygen atoms in total. The lowest BCUT2D eigenvalue weighted by Gasteiger charge is -2.12. The van der Waals surface area contributed by atoms with Crippen LogP contribution in [0.1, 0.15) is 268 Å². The largest absolute Gasteiger partial charge is 0.0654 e. The molecule has 0 spiro atoms. The maximum absolute atomic E-state index is 7.39. The molecule has 0 aliphatic heterocycles. The van der Waals surface area contributed by atoms with E-state index in [4.69, 9.17) is 35.6 Å². The summed E-state index contributed by atoms with van der Waals surface area (Å²) in [4.78, 5) is 0. The minimum absolute atomic E-state index is 0.160. The van der Waals surface area contributed by atoms with Crippen molar-refractivity contribution in [2.24, 2.45) is 29.1 Å². The zero-order valence-electron chi connectivity index (χ0n) is 78.9. The van der Waals surface area contributed by atoms with Gasteiger partial charge in [-0.05, 0) is 171 Å². The third-order valence-corrected chi connectivity index (χ3v) is 12.2. The fraction of sp³-hybridized carbons (Fsp3) is 0.538. The third kappa shape index (κ3) is 53.3. The van der Waals surface area contributed by atoms with E-state index >= 15 is 0 Å². The van der Waals surface area contributed by atoms with Gasteiger partial charge in [0.15, 0.2) is 0 Å². The summed E-state index contributed by atoms with van der Waals surface area (Å²) in [6.07, 6.45) is 3.26. The van der Waals surface area contributed by atoms with Gasteiger partial charge in [-0.2, -0.15) is 0 Å². The molecule has 1 saturated carbocycles. The van der Waals surface area contributed by atoms with Crippen LogP contribution in [0.3, 0.4) is 0 Å². The minimum atomic E-state index is -3.48. The fourth-order valence-corrected chi connectivity index (χ4v) is 6.50. The maximum atomic E-state index is 7.39. The summed E-state index contributed by atoms with van der Waals surface area (Å²) < 4.78 is 184. The van der Waals surface area contributed by atoms with Crippen molar-refractivity contribution in [2.75, 3.05) is 0 Å². The Kier molecular flexibility index (Phi) is 26.7. The first-order chi connectivity index (χ1) is 46.7. The van der Waals surface area contributed by atoms with E-state index in [0.717, 1.165) is 18.8 Å². The molecule has 6 aromatic rings. The molecule has 440 valence electrons. The lowest BCUT2D eigenvalue weighted by Crippen LogP contribution is -2.00. The Hall–Kier alpha value is -4.68. The second-order valence-electron chi connectivity index (χ2n) is 20.8. The van der Waals surface area contributed by atoms with Crippen LogP contribution in [0.25, 0.3) is 0 Å². The van der Waals surface area contributed by atoms with Crippen molar-refractivity contribution in [1.29, 1.82) is 0 Å². The topological polar surface area (TPSA) is 0 Å². The molecule has 0 atom stereocenters. The van der Waals surface area contributed by atoms with Crippen molar-refractivity contribution in [2.45, 2.75) is 251 Å². The highest BCUT2D eigenvalue weighted by Gasteiger charge is 2.07. The van der Waals surface area contributed by atoms with E-state index in [2.05, 4.69) is 240 Å². The zero-order chi connectivity index (χ0) is 82.8. The Labute approximate surface area is 526 Å². The zero-order valence-corrected chi connectivity index (χ0v) is 52.9. The van der Waals surface area contributed by atoms with Gasteiger partial charge in [-0.25, -0.2) is 0 Å². The van der Waals surface area contributed by atoms with E-state index < -0.39 is 77.9 Å². The number of hydrogen-bond donors (Lipinski definition) is 0. The first-order valence-corrected chi connectivity index (χ1v) is 27.9. The van der Waals surface area contributed by atoms with Gasteiger partial charge in [-0.1, -0.05) is 321 Å². The minimum Gasteiger partial charge on any atom is -0.0654 e. The van der Waals surface area contributed by atoms with Crippen molar-refractivity contribution in [3.8, 4) is 0 Å². The Morgan fingerprint density at radius 1 is 0.449 bits per heavy atom. The second-order valence-corrected chi connectivity index (χ2v) is 20.8. The SMILES string of the molecule is CC1CCCC1.CCCC(C)C.Cc1cc(C)c(C)c(C)c1.Cc1ccc(C)cc1.Cc1cccc(C)c1.Cc1cccc(C)c1C.Cc1ccccc1.Cc1ccccc1C.[2H]C([2H])([2H])C(C([2H])([2H])[2H])(C([2H])([2H])[2H])C([2H])([2H])C.[2H]C([2H])([2H])C(CC)C([2H])([2H])[2H].[2H]C([2H])([2H])C([2H])(C([2H])([2H])[2H])C([2H])([2H])C. The van der Waals surface area contributed by atoms with E-state index in [9.17, 15) is 0 Å². The smallest absolute Gasteiger partial charge is 0.0297 e. The molecule has 0 bridgehead atoms. The highest BCUT2D eigenvalue weighted by molar-refractivity contribution is 5.36. The molecule has 7 rings (SSSR count). The van der Waals surface area contributed by atoms with Crippen molar-refractivity contribution in [1.82, 2.24) is 0 Å². The van der Waals surface area contributed by atoms with Crippen LogP contribution in [-0.4, -0.2) is 0 Å². The Bertz CT molecular complexity index is 3040. The molecule has 0 saturated heterocycles. The van der Waals surface area contributed by atoms with E-state index in [1.54, 1.807) is 6.92 Å². The van der Waals surface area contributed by atoms with Crippen LogP contribution in [-0.2, 0) is 0 Å². The molecular formula is C78H128. The predicted octanol–water partition coefficient (Wildman–Crippen LogP) is 25.6. The van der Waals surface area contributed by atoms with Gasteiger partial charge in [0.25, 0.3) is 0 Å². The van der Waals surface area contributed by atoms with Gasteiger partial charge < -0.3 is 0 Å². The Morgan fingerprint density at radius 3 is 1.04 bits per heavy atom. The molecule has 0 radical (unpaired) electrons. The number of hydrogen-bond acceptors (Lipinski definition) is 0. The average Bonchev–Trinajstić information content (AvgIpc) is 0.802. The molecule has 0 N–H and O–H groups in total. The quantitative estimate of drug-likeness (QED) is 0.165. The molecule has 0 amide bonds. The Balaban J connectivity index is -0.000000536. The molecule has 0 heterocycles. The number of aryl methyl sites for hydroxylation is 12. The highest BCUT2D eigenvalue weighted by atomic mass is 14.1. The number of rotatable bonds is 4. The molecule has 78 heavy (non-hydrogen) atoms. The summed E-state index contributed by atoms with van der Waals surface area (Å²) in [7, 11) is 0. The maximum Gasteiger partial charge on any atom is 0.0297 e. The van der Waals surface area contributed by atoms with Gasteiger partial charge in [0.05, 0.1) is 0 Å². The molecule has 1 aliphatic carbocycles.